The molecule has 5 amide bonds. The highest BCUT2D eigenvalue weighted by molar-refractivity contribution is 5.94. The van der Waals surface area contributed by atoms with E-state index in [0.717, 1.165) is 19.3 Å². The monoisotopic (exact) mass is 809 g/mol. The Balaban J connectivity index is 5.06. The van der Waals surface area contributed by atoms with Crippen LogP contribution < -0.4 is 61.4 Å². The Labute approximate surface area is 339 Å². The minimum absolute atomic E-state index is 0.0491. The lowest BCUT2D eigenvalue weighted by atomic mass is 10.0. The van der Waals surface area contributed by atoms with Crippen LogP contribution in [0.2, 0.25) is 0 Å². The minimum Gasteiger partial charge on any atom is -0.370 e. The van der Waals surface area contributed by atoms with E-state index in [2.05, 4.69) is 43.2 Å². The molecule has 0 aliphatic carbocycles. The smallest absolute Gasteiger partial charge is 0.243 e. The second-order valence-electron chi connectivity index (χ2n) is 14.4. The third-order valence-corrected chi connectivity index (χ3v) is 9.19. The Kier molecular flexibility index (Phi) is 31.5. The predicted molar refractivity (Wildman–Crippen MR) is 227 cm³/mol. The van der Waals surface area contributed by atoms with Crippen molar-refractivity contribution in [2.75, 3.05) is 26.2 Å². The van der Waals surface area contributed by atoms with Crippen LogP contribution >= 0.6 is 0 Å². The van der Waals surface area contributed by atoms with E-state index in [1.165, 1.54) is 64.2 Å². The maximum Gasteiger partial charge on any atom is 0.243 e. The van der Waals surface area contributed by atoms with Gasteiger partial charge in [-0.1, -0.05) is 84.0 Å². The summed E-state index contributed by atoms with van der Waals surface area (Å²) < 4.78 is 0. The van der Waals surface area contributed by atoms with Crippen molar-refractivity contribution in [3.05, 3.63) is 0 Å². The first-order valence-corrected chi connectivity index (χ1v) is 20.9. The second kappa shape index (κ2) is 34.4. The van der Waals surface area contributed by atoms with Crippen molar-refractivity contribution in [3.8, 4) is 0 Å². The van der Waals surface area contributed by atoms with Crippen molar-refractivity contribution in [1.29, 1.82) is 0 Å². The molecule has 0 aliphatic rings. The van der Waals surface area contributed by atoms with Crippen molar-refractivity contribution < 1.29 is 24.0 Å². The van der Waals surface area contributed by atoms with E-state index in [-0.39, 0.29) is 69.1 Å². The summed E-state index contributed by atoms with van der Waals surface area (Å²) in [6.07, 6.45) is 18.3. The summed E-state index contributed by atoms with van der Waals surface area (Å²) in [6.45, 7) is 3.15. The van der Waals surface area contributed by atoms with E-state index in [1.54, 1.807) is 0 Å². The maximum atomic E-state index is 13.6. The number of nitrogens with zero attached hydrogens (tertiary/aromatic N) is 3. The van der Waals surface area contributed by atoms with E-state index < -0.39 is 41.8 Å². The van der Waals surface area contributed by atoms with Crippen LogP contribution in [-0.4, -0.2) is 91.7 Å². The summed E-state index contributed by atoms with van der Waals surface area (Å²) in [7, 11) is 0. The van der Waals surface area contributed by atoms with E-state index >= 15 is 0 Å². The first kappa shape index (κ1) is 52.2. The summed E-state index contributed by atoms with van der Waals surface area (Å²) >= 11 is 0. The van der Waals surface area contributed by atoms with Crippen LogP contribution in [0.1, 0.15) is 148 Å². The van der Waals surface area contributed by atoms with Gasteiger partial charge in [-0.15, -0.1) is 0 Å². The van der Waals surface area contributed by atoms with E-state index in [0.29, 0.717) is 38.6 Å². The Hall–Kier alpha value is -4.84. The van der Waals surface area contributed by atoms with Crippen molar-refractivity contribution >= 4 is 47.4 Å². The van der Waals surface area contributed by atoms with Crippen LogP contribution in [0.15, 0.2) is 15.0 Å². The fourth-order valence-electron chi connectivity index (χ4n) is 6.01. The molecule has 0 radical (unpaired) electrons. The Bertz CT molecular complexity index is 1230. The quantitative estimate of drug-likeness (QED) is 0.0235. The lowest BCUT2D eigenvalue weighted by Gasteiger charge is -2.25. The molecule has 0 heterocycles. The number of carbonyl (C=O) groups is 5. The standard InChI is InChI=1S/C38H76N14O5/c1-2-3-4-5-6-7-8-9-10-11-12-13-14-22-31(53)46-24-18-23-32(54)50-29(20-16-26-48-37(42)43)34(56)52-30(21-17-27-49-38(44)45)35(57)51-28(33(39)55)19-15-25-47-36(40)41/h28-30H,2-27H2,1H3,(H2,39,55)(H,46,53)(H,50,54)(H,51,57)(H,52,56)(H4,40,41,47)(H4,42,43,48)(H4,44,45,49)/t28-,29-,30-/m0/s1. The molecule has 0 unspecified atom stereocenters. The Morgan fingerprint density at radius 1 is 0.439 bits per heavy atom. The normalized spacial score (nSPS) is 12.3. The highest BCUT2D eigenvalue weighted by Crippen LogP contribution is 2.13. The van der Waals surface area contributed by atoms with Gasteiger partial charge in [0.05, 0.1) is 0 Å². The maximum absolute atomic E-state index is 13.6. The van der Waals surface area contributed by atoms with Gasteiger partial charge in [0.1, 0.15) is 18.1 Å². The summed E-state index contributed by atoms with van der Waals surface area (Å²) in [5.74, 6) is -2.90. The molecule has 0 aromatic carbocycles. The van der Waals surface area contributed by atoms with E-state index in [9.17, 15) is 24.0 Å². The number of primary amides is 1. The lowest BCUT2D eigenvalue weighted by molar-refractivity contribution is -0.133. The number of nitrogens with one attached hydrogen (secondary N) is 4. The van der Waals surface area contributed by atoms with Crippen LogP contribution in [0.25, 0.3) is 0 Å². The molecule has 0 aliphatic heterocycles. The summed E-state index contributed by atoms with van der Waals surface area (Å²) in [5.41, 5.74) is 37.9. The molecular formula is C38H76N14O5. The molecule has 0 aromatic rings. The number of hydrogen-bond acceptors (Lipinski definition) is 8. The number of aliphatic imine (C=N–C) groups is 3. The van der Waals surface area contributed by atoms with Crippen molar-refractivity contribution in [2.45, 2.75) is 166 Å². The zero-order chi connectivity index (χ0) is 42.7. The van der Waals surface area contributed by atoms with E-state index in [1.807, 2.05) is 0 Å². The minimum atomic E-state index is -1.13. The number of amides is 5. The fourth-order valence-corrected chi connectivity index (χ4v) is 6.01. The Morgan fingerprint density at radius 3 is 1.23 bits per heavy atom. The molecule has 328 valence electrons. The van der Waals surface area contributed by atoms with Gasteiger partial charge in [0.25, 0.3) is 0 Å². The molecule has 19 heteroatoms. The third kappa shape index (κ3) is 32.0. The molecule has 0 fully saturated rings. The molecular weight excluding hydrogens is 733 g/mol. The van der Waals surface area contributed by atoms with Gasteiger partial charge in [-0.25, -0.2) is 0 Å². The molecule has 18 N–H and O–H groups in total. The van der Waals surface area contributed by atoms with Gasteiger partial charge in [-0.2, -0.15) is 0 Å². The number of rotatable bonds is 36. The van der Waals surface area contributed by atoms with Gasteiger partial charge in [0.2, 0.25) is 29.5 Å². The Morgan fingerprint density at radius 2 is 0.807 bits per heavy atom. The first-order valence-electron chi connectivity index (χ1n) is 20.9. The zero-order valence-electron chi connectivity index (χ0n) is 34.5. The van der Waals surface area contributed by atoms with Crippen LogP contribution in [0.3, 0.4) is 0 Å². The number of hydrogen-bond donors (Lipinski definition) is 11. The van der Waals surface area contributed by atoms with Crippen molar-refractivity contribution in [1.82, 2.24) is 21.3 Å². The number of guanidine groups is 3. The second-order valence-corrected chi connectivity index (χ2v) is 14.4. The molecule has 0 bridgehead atoms. The first-order chi connectivity index (χ1) is 27.3. The zero-order valence-corrected chi connectivity index (χ0v) is 34.5. The third-order valence-electron chi connectivity index (χ3n) is 9.19. The molecule has 0 spiro atoms. The van der Waals surface area contributed by atoms with Crippen LogP contribution in [0, 0.1) is 0 Å². The molecule has 0 rings (SSSR count). The average Bonchev–Trinajstić information content (AvgIpc) is 3.15. The SMILES string of the molecule is CCCCCCCCCCCCCCCC(=O)NCCCC(=O)N[C@@H](CCCN=C(N)N)C(=O)N[C@@H](CCCN=C(N)N)C(=O)N[C@@H](CCCN=C(N)N)C(N)=O. The molecule has 0 saturated carbocycles. The number of unbranched alkanes of at least 4 members (excludes halogenated alkanes) is 12. The molecule has 57 heavy (non-hydrogen) atoms. The summed E-state index contributed by atoms with van der Waals surface area (Å²) in [4.78, 5) is 76.2. The van der Waals surface area contributed by atoms with Gasteiger partial charge < -0.3 is 61.4 Å². The number of carbonyl (C=O) groups excluding carboxylic acids is 5. The molecule has 0 aromatic heterocycles. The fraction of sp³-hybridized carbons (Fsp3) is 0.789. The lowest BCUT2D eigenvalue weighted by Crippen LogP contribution is -2.56. The van der Waals surface area contributed by atoms with Gasteiger partial charge >= 0.3 is 0 Å². The van der Waals surface area contributed by atoms with Gasteiger partial charge in [-0.3, -0.25) is 38.9 Å². The largest absolute Gasteiger partial charge is 0.370 e. The van der Waals surface area contributed by atoms with Crippen molar-refractivity contribution in [3.63, 3.8) is 0 Å². The van der Waals surface area contributed by atoms with Crippen LogP contribution in [-0.2, 0) is 24.0 Å². The number of nitrogens with two attached hydrogens (primary N) is 7. The van der Waals surface area contributed by atoms with Crippen LogP contribution in [0.4, 0.5) is 0 Å². The highest BCUT2D eigenvalue weighted by atomic mass is 16.2. The molecule has 0 saturated heterocycles. The van der Waals surface area contributed by atoms with Gasteiger partial charge in [-0.05, 0) is 51.4 Å². The van der Waals surface area contributed by atoms with Crippen LogP contribution in [0.5, 0.6) is 0 Å². The van der Waals surface area contributed by atoms with Gasteiger partial charge in [0.15, 0.2) is 17.9 Å². The predicted octanol–water partition coefficient (Wildman–Crippen LogP) is 0.465. The molecule has 3 atom stereocenters. The topological polar surface area (TPSA) is 353 Å². The highest BCUT2D eigenvalue weighted by Gasteiger charge is 2.29. The summed E-state index contributed by atoms with van der Waals surface area (Å²) in [5, 5.41) is 10.9. The average molecular weight is 809 g/mol. The van der Waals surface area contributed by atoms with Gasteiger partial charge in [0, 0.05) is 39.0 Å². The molecule has 19 nitrogen and oxygen atoms in total. The summed E-state index contributed by atoms with van der Waals surface area (Å²) in [6, 6.07) is -3.24. The van der Waals surface area contributed by atoms with E-state index in [4.69, 9.17) is 40.1 Å². The van der Waals surface area contributed by atoms with Crippen molar-refractivity contribution in [2.24, 2.45) is 55.1 Å².